The molecule has 42 heavy (non-hydrogen) atoms. The van der Waals surface area contributed by atoms with Crippen molar-refractivity contribution in [1.29, 1.82) is 0 Å². The van der Waals surface area contributed by atoms with Crippen LogP contribution >= 0.6 is 0 Å². The molecule has 0 unspecified atom stereocenters. The molecule has 3 aromatic heterocycles. The summed E-state index contributed by atoms with van der Waals surface area (Å²) in [6.07, 6.45) is 3.89. The molecule has 9 aromatic rings. The number of hydrogen-bond donors (Lipinski definition) is 0. The van der Waals surface area contributed by atoms with Gasteiger partial charge in [0.1, 0.15) is 0 Å². The van der Waals surface area contributed by atoms with Crippen molar-refractivity contribution < 1.29 is 0 Å². The van der Waals surface area contributed by atoms with Crippen molar-refractivity contribution in [3.8, 4) is 22.5 Å². The molecule has 196 valence electrons. The number of nitrogens with zero attached hydrogens (tertiary/aromatic N) is 3. The van der Waals surface area contributed by atoms with Crippen LogP contribution in [0.2, 0.25) is 0 Å². The maximum absolute atomic E-state index is 4.53. The van der Waals surface area contributed by atoms with E-state index in [-0.39, 0.29) is 0 Å². The first-order valence-corrected chi connectivity index (χ1v) is 14.3. The summed E-state index contributed by atoms with van der Waals surface area (Å²) in [7, 11) is 0. The summed E-state index contributed by atoms with van der Waals surface area (Å²) in [5.74, 6) is 0. The number of benzene rings is 6. The van der Waals surface area contributed by atoms with Gasteiger partial charge in [0, 0.05) is 44.7 Å². The average Bonchev–Trinajstić information content (AvgIpc) is 3.58. The maximum atomic E-state index is 4.53. The first kappa shape index (κ1) is 23.1. The molecule has 0 aliphatic rings. The molecule has 0 fully saturated rings. The number of rotatable bonds is 3. The lowest BCUT2D eigenvalue weighted by atomic mass is 9.97. The Morgan fingerprint density at radius 3 is 2.10 bits per heavy atom. The smallest absolute Gasteiger partial charge is 0.0724 e. The second-order valence-electron chi connectivity index (χ2n) is 10.8. The predicted octanol–water partition coefficient (Wildman–Crippen LogP) is 10.1. The third-order valence-corrected chi connectivity index (χ3v) is 8.58. The zero-order valence-corrected chi connectivity index (χ0v) is 22.8. The fourth-order valence-electron chi connectivity index (χ4n) is 6.81. The van der Waals surface area contributed by atoms with Gasteiger partial charge in [0.25, 0.3) is 0 Å². The largest absolute Gasteiger partial charge is 0.309 e. The quantitative estimate of drug-likeness (QED) is 0.221. The van der Waals surface area contributed by atoms with Crippen molar-refractivity contribution in [3.63, 3.8) is 0 Å². The van der Waals surface area contributed by atoms with E-state index in [1.807, 2.05) is 12.4 Å². The van der Waals surface area contributed by atoms with E-state index in [1.54, 1.807) is 0 Å². The van der Waals surface area contributed by atoms with Gasteiger partial charge in [-0.3, -0.25) is 4.98 Å². The Morgan fingerprint density at radius 2 is 1.17 bits per heavy atom. The summed E-state index contributed by atoms with van der Waals surface area (Å²) in [5.41, 5.74) is 9.43. The van der Waals surface area contributed by atoms with E-state index in [2.05, 4.69) is 154 Å². The molecule has 6 aromatic carbocycles. The van der Waals surface area contributed by atoms with Crippen LogP contribution in [0.3, 0.4) is 0 Å². The molecule has 3 heterocycles. The van der Waals surface area contributed by atoms with E-state index in [0.29, 0.717) is 0 Å². The molecule has 0 saturated carbocycles. The number of pyridine rings is 1. The van der Waals surface area contributed by atoms with Gasteiger partial charge in [-0.15, -0.1) is 0 Å². The lowest BCUT2D eigenvalue weighted by Crippen LogP contribution is -1.96. The van der Waals surface area contributed by atoms with Gasteiger partial charge in [0.05, 0.1) is 28.3 Å². The summed E-state index contributed by atoms with van der Waals surface area (Å²) in [6, 6.07) is 50.3. The van der Waals surface area contributed by atoms with Crippen LogP contribution in [-0.4, -0.2) is 14.1 Å². The molecule has 3 nitrogen and oxygen atoms in total. The molecule has 9 rings (SSSR count). The fourth-order valence-corrected chi connectivity index (χ4v) is 6.81. The molecular formula is C39H25N3. The summed E-state index contributed by atoms with van der Waals surface area (Å²) < 4.78 is 4.78. The van der Waals surface area contributed by atoms with Gasteiger partial charge in [-0.05, 0) is 58.8 Å². The molecule has 0 aliphatic carbocycles. The number of para-hydroxylation sites is 3. The van der Waals surface area contributed by atoms with Crippen LogP contribution < -0.4 is 0 Å². The lowest BCUT2D eigenvalue weighted by Gasteiger charge is -2.14. The molecule has 0 aliphatic heterocycles. The molecule has 0 radical (unpaired) electrons. The SMILES string of the molecule is c1ccc(-n2c3cnccc3c3c(-c4cccc5c6ccccc6n(-c6ccc7ccccc7c6)c45)cccc32)cc1. The number of aromatic nitrogens is 3. The van der Waals surface area contributed by atoms with Crippen molar-refractivity contribution in [2.75, 3.05) is 0 Å². The minimum atomic E-state index is 1.10. The minimum Gasteiger partial charge on any atom is -0.309 e. The zero-order chi connectivity index (χ0) is 27.6. The molecule has 0 N–H and O–H groups in total. The van der Waals surface area contributed by atoms with Crippen molar-refractivity contribution in [3.05, 3.63) is 152 Å². The molecule has 0 spiro atoms. The van der Waals surface area contributed by atoms with Gasteiger partial charge < -0.3 is 9.13 Å². The standard InChI is InChI=1S/C39H25N3/c1-2-12-28(13-3-1)41-36-19-9-15-31(38(36)34-22-23-40-25-37(34)41)33-17-8-16-32-30-14-6-7-18-35(30)42(39(32)33)29-21-20-26-10-4-5-11-27(26)24-29/h1-25H. The van der Waals surface area contributed by atoms with E-state index in [1.165, 1.54) is 60.0 Å². The highest BCUT2D eigenvalue weighted by Gasteiger charge is 2.20. The monoisotopic (exact) mass is 535 g/mol. The molecule has 0 bridgehead atoms. The highest BCUT2D eigenvalue weighted by molar-refractivity contribution is 6.20. The Labute approximate surface area is 242 Å². The molecule has 3 heteroatoms. The summed E-state index contributed by atoms with van der Waals surface area (Å²) >= 11 is 0. The van der Waals surface area contributed by atoms with Crippen LogP contribution in [0.15, 0.2) is 152 Å². The third kappa shape index (κ3) is 3.25. The van der Waals surface area contributed by atoms with Crippen LogP contribution in [-0.2, 0) is 0 Å². The molecule has 0 amide bonds. The number of hydrogen-bond acceptors (Lipinski definition) is 1. The predicted molar refractivity (Wildman–Crippen MR) is 176 cm³/mol. The molecular weight excluding hydrogens is 510 g/mol. The van der Waals surface area contributed by atoms with Gasteiger partial charge in [-0.1, -0.05) is 97.1 Å². The van der Waals surface area contributed by atoms with E-state index in [9.17, 15) is 0 Å². The Bertz CT molecular complexity index is 2460. The van der Waals surface area contributed by atoms with E-state index in [0.717, 1.165) is 16.9 Å². The zero-order valence-electron chi connectivity index (χ0n) is 22.8. The van der Waals surface area contributed by atoms with Crippen molar-refractivity contribution in [1.82, 2.24) is 14.1 Å². The second kappa shape index (κ2) is 8.92. The van der Waals surface area contributed by atoms with Crippen LogP contribution in [0.1, 0.15) is 0 Å². The van der Waals surface area contributed by atoms with Crippen molar-refractivity contribution >= 4 is 54.4 Å². The second-order valence-corrected chi connectivity index (χ2v) is 10.8. The summed E-state index contributed by atoms with van der Waals surface area (Å²) in [4.78, 5) is 4.53. The Morgan fingerprint density at radius 1 is 0.429 bits per heavy atom. The molecule has 0 saturated heterocycles. The minimum absolute atomic E-state index is 1.10. The Hall–Kier alpha value is -5.67. The van der Waals surface area contributed by atoms with Gasteiger partial charge >= 0.3 is 0 Å². The van der Waals surface area contributed by atoms with E-state index >= 15 is 0 Å². The summed E-state index contributed by atoms with van der Waals surface area (Å²) in [5, 5.41) is 7.42. The van der Waals surface area contributed by atoms with Crippen molar-refractivity contribution in [2.45, 2.75) is 0 Å². The van der Waals surface area contributed by atoms with Crippen LogP contribution in [0.4, 0.5) is 0 Å². The van der Waals surface area contributed by atoms with Gasteiger partial charge in [-0.25, -0.2) is 0 Å². The van der Waals surface area contributed by atoms with Crippen LogP contribution in [0, 0.1) is 0 Å². The van der Waals surface area contributed by atoms with Crippen molar-refractivity contribution in [2.24, 2.45) is 0 Å². The topological polar surface area (TPSA) is 22.8 Å². The maximum Gasteiger partial charge on any atom is 0.0724 e. The van der Waals surface area contributed by atoms with E-state index in [4.69, 9.17) is 0 Å². The Balaban J connectivity index is 1.43. The lowest BCUT2D eigenvalue weighted by molar-refractivity contribution is 1.17. The molecule has 0 atom stereocenters. The van der Waals surface area contributed by atoms with Gasteiger partial charge in [0.2, 0.25) is 0 Å². The normalized spacial score (nSPS) is 11.8. The first-order chi connectivity index (χ1) is 20.9. The summed E-state index contributed by atoms with van der Waals surface area (Å²) in [6.45, 7) is 0. The van der Waals surface area contributed by atoms with E-state index < -0.39 is 0 Å². The first-order valence-electron chi connectivity index (χ1n) is 14.3. The highest BCUT2D eigenvalue weighted by Crippen LogP contribution is 2.43. The van der Waals surface area contributed by atoms with Gasteiger partial charge in [0.15, 0.2) is 0 Å². The average molecular weight is 536 g/mol. The van der Waals surface area contributed by atoms with Crippen LogP contribution in [0.25, 0.3) is 76.9 Å². The van der Waals surface area contributed by atoms with Gasteiger partial charge in [-0.2, -0.15) is 0 Å². The highest BCUT2D eigenvalue weighted by atomic mass is 15.0. The fraction of sp³-hybridized carbons (Fsp3) is 0. The van der Waals surface area contributed by atoms with Crippen LogP contribution in [0.5, 0.6) is 0 Å². The Kier molecular flexibility index (Phi) is 4.90. The third-order valence-electron chi connectivity index (χ3n) is 8.58. The number of fused-ring (bicyclic) bond motifs is 7.